The number of nitrogens with zero attached hydrogens (tertiary/aromatic N) is 2. The predicted octanol–water partition coefficient (Wildman–Crippen LogP) is 0.961. The quantitative estimate of drug-likeness (QED) is 0.843. The van der Waals surface area contributed by atoms with Crippen molar-refractivity contribution in [3.05, 3.63) is 0 Å². The Hall–Kier alpha value is -0.650. The first-order valence-electron chi connectivity index (χ1n) is 8.08. The van der Waals surface area contributed by atoms with Crippen molar-refractivity contribution in [2.45, 2.75) is 52.4 Å². The van der Waals surface area contributed by atoms with E-state index in [0.717, 1.165) is 26.2 Å². The van der Waals surface area contributed by atoms with E-state index < -0.39 is 5.60 Å². The molecular weight excluding hydrogens is 268 g/mol. The monoisotopic (exact) mass is 298 g/mol. The lowest BCUT2D eigenvalue weighted by molar-refractivity contribution is -0.140. The molecule has 5 nitrogen and oxygen atoms in total. The lowest BCUT2D eigenvalue weighted by Gasteiger charge is -2.38. The SMILES string of the molecule is CC1OC(C)C(C(=O)N2CCN(CC(C)(C)O)CC2)C1C. The molecular formula is C16H30N2O3. The van der Waals surface area contributed by atoms with Crippen LogP contribution in [0.1, 0.15) is 34.6 Å². The minimum Gasteiger partial charge on any atom is -0.389 e. The molecule has 5 heteroatoms. The van der Waals surface area contributed by atoms with Crippen LogP contribution in [-0.2, 0) is 9.53 Å². The van der Waals surface area contributed by atoms with Gasteiger partial charge in [0.25, 0.3) is 0 Å². The molecule has 2 fully saturated rings. The molecule has 0 spiro atoms. The van der Waals surface area contributed by atoms with Crippen LogP contribution in [0.4, 0.5) is 0 Å². The lowest BCUT2D eigenvalue weighted by atomic mass is 9.88. The molecule has 21 heavy (non-hydrogen) atoms. The molecule has 122 valence electrons. The summed E-state index contributed by atoms with van der Waals surface area (Å²) < 4.78 is 5.79. The van der Waals surface area contributed by atoms with Crippen molar-refractivity contribution in [1.29, 1.82) is 0 Å². The van der Waals surface area contributed by atoms with Gasteiger partial charge in [-0.1, -0.05) is 6.92 Å². The van der Waals surface area contributed by atoms with Gasteiger partial charge in [-0.3, -0.25) is 9.69 Å². The molecule has 0 aromatic carbocycles. The van der Waals surface area contributed by atoms with Gasteiger partial charge in [0.15, 0.2) is 0 Å². The maximum atomic E-state index is 12.7. The Morgan fingerprint density at radius 1 is 1.14 bits per heavy atom. The van der Waals surface area contributed by atoms with Crippen LogP contribution in [0, 0.1) is 11.8 Å². The van der Waals surface area contributed by atoms with Crippen molar-refractivity contribution in [1.82, 2.24) is 9.80 Å². The smallest absolute Gasteiger partial charge is 0.228 e. The molecule has 2 rings (SSSR count). The molecule has 2 saturated heterocycles. The van der Waals surface area contributed by atoms with Crippen molar-refractivity contribution in [3.63, 3.8) is 0 Å². The standard InChI is InChI=1S/C16H30N2O3/c1-11-12(2)21-13(3)14(11)15(19)18-8-6-17(7-9-18)10-16(4,5)20/h11-14,20H,6-10H2,1-5H3. The Balaban J connectivity index is 1.89. The van der Waals surface area contributed by atoms with E-state index in [1.54, 1.807) is 0 Å². The molecule has 4 unspecified atom stereocenters. The summed E-state index contributed by atoms with van der Waals surface area (Å²) in [6.07, 6.45) is 0.169. The molecule has 0 bridgehead atoms. The van der Waals surface area contributed by atoms with Crippen LogP contribution in [-0.4, -0.2) is 71.3 Å². The highest BCUT2D eigenvalue weighted by atomic mass is 16.5. The number of β-amino-alcohol motifs (C(OH)–C–C–N with tert-alkyl or cyclic N) is 1. The van der Waals surface area contributed by atoms with Crippen LogP contribution in [0.2, 0.25) is 0 Å². The van der Waals surface area contributed by atoms with Gasteiger partial charge in [0.1, 0.15) is 0 Å². The van der Waals surface area contributed by atoms with Gasteiger partial charge in [-0.05, 0) is 33.6 Å². The number of aliphatic hydroxyl groups is 1. The molecule has 0 aromatic heterocycles. The van der Waals surface area contributed by atoms with Gasteiger partial charge in [-0.15, -0.1) is 0 Å². The summed E-state index contributed by atoms with van der Waals surface area (Å²) in [4.78, 5) is 16.9. The number of ether oxygens (including phenoxy) is 1. The van der Waals surface area contributed by atoms with E-state index in [1.165, 1.54) is 0 Å². The minimum atomic E-state index is -0.677. The lowest BCUT2D eigenvalue weighted by Crippen LogP contribution is -2.54. The molecule has 0 aromatic rings. The van der Waals surface area contributed by atoms with E-state index in [9.17, 15) is 9.90 Å². The van der Waals surface area contributed by atoms with Crippen molar-refractivity contribution in [2.24, 2.45) is 11.8 Å². The Bertz CT molecular complexity index is 372. The number of hydrogen-bond acceptors (Lipinski definition) is 4. The average molecular weight is 298 g/mol. The van der Waals surface area contributed by atoms with E-state index in [1.807, 2.05) is 25.7 Å². The van der Waals surface area contributed by atoms with Crippen LogP contribution >= 0.6 is 0 Å². The van der Waals surface area contributed by atoms with Crippen LogP contribution in [0.25, 0.3) is 0 Å². The number of piperazine rings is 1. The Labute approximate surface area is 128 Å². The largest absolute Gasteiger partial charge is 0.389 e. The van der Waals surface area contributed by atoms with E-state index in [0.29, 0.717) is 6.54 Å². The summed E-state index contributed by atoms with van der Waals surface area (Å²) in [6, 6.07) is 0. The maximum Gasteiger partial charge on any atom is 0.228 e. The van der Waals surface area contributed by atoms with Gasteiger partial charge in [0.05, 0.1) is 23.7 Å². The molecule has 4 atom stereocenters. The zero-order valence-electron chi connectivity index (χ0n) is 14.0. The second-order valence-electron chi connectivity index (χ2n) is 7.35. The van der Waals surface area contributed by atoms with Crippen molar-refractivity contribution >= 4 is 5.91 Å². The highest BCUT2D eigenvalue weighted by molar-refractivity contribution is 5.80. The van der Waals surface area contributed by atoms with Gasteiger partial charge in [-0.2, -0.15) is 0 Å². The normalized spacial score (nSPS) is 35.2. The van der Waals surface area contributed by atoms with Gasteiger partial charge in [0, 0.05) is 32.7 Å². The fourth-order valence-electron chi connectivity index (χ4n) is 3.58. The molecule has 1 amide bonds. The van der Waals surface area contributed by atoms with Crippen LogP contribution in [0.5, 0.6) is 0 Å². The summed E-state index contributed by atoms with van der Waals surface area (Å²) >= 11 is 0. The van der Waals surface area contributed by atoms with Crippen LogP contribution < -0.4 is 0 Å². The summed E-state index contributed by atoms with van der Waals surface area (Å²) in [7, 11) is 0. The van der Waals surface area contributed by atoms with E-state index >= 15 is 0 Å². The highest BCUT2D eigenvalue weighted by Gasteiger charge is 2.43. The summed E-state index contributed by atoms with van der Waals surface area (Å²) in [6.45, 7) is 13.6. The molecule has 2 aliphatic rings. The van der Waals surface area contributed by atoms with E-state index in [2.05, 4.69) is 18.7 Å². The number of carbonyl (C=O) groups is 1. The summed E-state index contributed by atoms with van der Waals surface area (Å²) in [5.41, 5.74) is -0.677. The number of carbonyl (C=O) groups excluding carboxylic acids is 1. The molecule has 0 radical (unpaired) electrons. The predicted molar refractivity (Wildman–Crippen MR) is 82.0 cm³/mol. The molecule has 0 saturated carbocycles. The third-order valence-electron chi connectivity index (χ3n) is 4.82. The van der Waals surface area contributed by atoms with Gasteiger partial charge in [-0.25, -0.2) is 0 Å². The van der Waals surface area contributed by atoms with Crippen LogP contribution in [0.3, 0.4) is 0 Å². The Morgan fingerprint density at radius 2 is 1.71 bits per heavy atom. The van der Waals surface area contributed by atoms with Gasteiger partial charge in [0.2, 0.25) is 5.91 Å². The first kappa shape index (κ1) is 16.7. The van der Waals surface area contributed by atoms with E-state index in [4.69, 9.17) is 4.74 Å². The maximum absolute atomic E-state index is 12.7. The third-order valence-corrected chi connectivity index (χ3v) is 4.82. The van der Waals surface area contributed by atoms with Crippen molar-refractivity contribution in [3.8, 4) is 0 Å². The van der Waals surface area contributed by atoms with Crippen LogP contribution in [0.15, 0.2) is 0 Å². The molecule has 0 aliphatic carbocycles. The van der Waals surface area contributed by atoms with Crippen molar-refractivity contribution in [2.75, 3.05) is 32.7 Å². The number of hydrogen-bond donors (Lipinski definition) is 1. The highest BCUT2D eigenvalue weighted by Crippen LogP contribution is 2.33. The molecule has 2 aliphatic heterocycles. The fraction of sp³-hybridized carbons (Fsp3) is 0.938. The Morgan fingerprint density at radius 3 is 2.14 bits per heavy atom. The zero-order chi connectivity index (χ0) is 15.8. The van der Waals surface area contributed by atoms with E-state index in [-0.39, 0.29) is 30.0 Å². The third kappa shape index (κ3) is 3.96. The molecule has 2 heterocycles. The number of rotatable bonds is 3. The van der Waals surface area contributed by atoms with Crippen molar-refractivity contribution < 1.29 is 14.6 Å². The Kier molecular flexibility index (Phi) is 4.96. The average Bonchev–Trinajstić information content (AvgIpc) is 2.61. The summed E-state index contributed by atoms with van der Waals surface area (Å²) in [5.74, 6) is 0.505. The second-order valence-corrected chi connectivity index (χ2v) is 7.35. The summed E-state index contributed by atoms with van der Waals surface area (Å²) in [5, 5.41) is 9.88. The first-order valence-corrected chi connectivity index (χ1v) is 8.08. The van der Waals surface area contributed by atoms with Gasteiger partial charge >= 0.3 is 0 Å². The minimum absolute atomic E-state index is 0.0110. The topological polar surface area (TPSA) is 53.0 Å². The van der Waals surface area contributed by atoms with Gasteiger partial charge < -0.3 is 14.7 Å². The molecule has 1 N–H and O–H groups in total. The first-order chi connectivity index (χ1) is 9.69. The zero-order valence-corrected chi connectivity index (χ0v) is 14.0. The second kappa shape index (κ2) is 6.23. The fourth-order valence-corrected chi connectivity index (χ4v) is 3.58. The number of amides is 1.